The normalized spacial score (nSPS) is 21.2. The summed E-state index contributed by atoms with van der Waals surface area (Å²) >= 11 is 0. The summed E-state index contributed by atoms with van der Waals surface area (Å²) in [7, 11) is 1.92. The number of morpholine rings is 1. The highest BCUT2D eigenvalue weighted by Gasteiger charge is 2.21. The number of carbonyl (C=O) groups excluding carboxylic acids is 1. The molecule has 2 N–H and O–H groups in total. The van der Waals surface area contributed by atoms with Crippen LogP contribution in [0.2, 0.25) is 0 Å². The van der Waals surface area contributed by atoms with Crippen molar-refractivity contribution in [1.29, 1.82) is 0 Å². The first-order valence-electron chi connectivity index (χ1n) is 6.87. The van der Waals surface area contributed by atoms with Crippen LogP contribution < -0.4 is 10.6 Å². The lowest BCUT2D eigenvalue weighted by Gasteiger charge is -2.32. The highest BCUT2D eigenvalue weighted by Crippen LogP contribution is 2.04. The maximum Gasteiger partial charge on any atom is 0.234 e. The minimum Gasteiger partial charge on any atom is -0.374 e. The predicted octanol–water partition coefficient (Wildman–Crippen LogP) is 0.0689. The third-order valence-corrected chi connectivity index (χ3v) is 3.07. The second-order valence-corrected chi connectivity index (χ2v) is 5.32. The Kier molecular flexibility index (Phi) is 7.23. The summed E-state index contributed by atoms with van der Waals surface area (Å²) in [6.07, 6.45) is 1.24. The Morgan fingerprint density at radius 1 is 1.50 bits per heavy atom. The molecule has 1 atom stereocenters. The molecular formula is C13H27N3O2. The van der Waals surface area contributed by atoms with E-state index in [4.69, 9.17) is 4.74 Å². The Morgan fingerprint density at radius 3 is 2.94 bits per heavy atom. The van der Waals surface area contributed by atoms with Crippen LogP contribution in [-0.2, 0) is 9.53 Å². The van der Waals surface area contributed by atoms with Crippen molar-refractivity contribution in [2.45, 2.75) is 26.4 Å². The Morgan fingerprint density at radius 2 is 2.28 bits per heavy atom. The molecule has 0 spiro atoms. The Bertz CT molecular complexity index is 244. The topological polar surface area (TPSA) is 53.6 Å². The van der Waals surface area contributed by atoms with Crippen molar-refractivity contribution < 1.29 is 9.53 Å². The van der Waals surface area contributed by atoms with Gasteiger partial charge in [0, 0.05) is 26.2 Å². The SMILES string of the molecule is CNCC1CN(CC(=O)NCCC(C)C)CCO1. The van der Waals surface area contributed by atoms with Crippen molar-refractivity contribution in [1.82, 2.24) is 15.5 Å². The summed E-state index contributed by atoms with van der Waals surface area (Å²) in [5.41, 5.74) is 0. The van der Waals surface area contributed by atoms with E-state index in [1.54, 1.807) is 0 Å². The molecule has 1 aliphatic heterocycles. The number of likely N-dealkylation sites (N-methyl/N-ethyl adjacent to an activating group) is 1. The third kappa shape index (κ3) is 6.33. The van der Waals surface area contributed by atoms with Gasteiger partial charge < -0.3 is 15.4 Å². The zero-order valence-corrected chi connectivity index (χ0v) is 11.9. The molecule has 1 saturated heterocycles. The average Bonchev–Trinajstić information content (AvgIpc) is 2.29. The molecule has 0 aliphatic carbocycles. The van der Waals surface area contributed by atoms with E-state index in [9.17, 15) is 4.79 Å². The van der Waals surface area contributed by atoms with Gasteiger partial charge in [-0.25, -0.2) is 0 Å². The number of nitrogens with zero attached hydrogens (tertiary/aromatic N) is 1. The molecule has 5 heteroatoms. The van der Waals surface area contributed by atoms with Crippen LogP contribution in [-0.4, -0.2) is 63.3 Å². The van der Waals surface area contributed by atoms with Crippen LogP contribution in [0.4, 0.5) is 0 Å². The number of hydrogen-bond acceptors (Lipinski definition) is 4. The van der Waals surface area contributed by atoms with Gasteiger partial charge in [-0.05, 0) is 19.4 Å². The summed E-state index contributed by atoms with van der Waals surface area (Å²) in [5, 5.41) is 6.08. The zero-order chi connectivity index (χ0) is 13.4. The third-order valence-electron chi connectivity index (χ3n) is 3.07. The van der Waals surface area contributed by atoms with E-state index in [0.29, 0.717) is 19.1 Å². The molecule has 0 radical (unpaired) electrons. The molecule has 0 bridgehead atoms. The summed E-state index contributed by atoms with van der Waals surface area (Å²) in [6, 6.07) is 0. The van der Waals surface area contributed by atoms with Crippen molar-refractivity contribution in [3.8, 4) is 0 Å². The van der Waals surface area contributed by atoms with Crippen LogP contribution in [0.3, 0.4) is 0 Å². The number of rotatable bonds is 7. The van der Waals surface area contributed by atoms with E-state index in [-0.39, 0.29) is 12.0 Å². The summed E-state index contributed by atoms with van der Waals surface area (Å²) in [6.45, 7) is 8.82. The number of amides is 1. The lowest BCUT2D eigenvalue weighted by Crippen LogP contribution is -2.49. The van der Waals surface area contributed by atoms with Gasteiger partial charge in [-0.1, -0.05) is 13.8 Å². The van der Waals surface area contributed by atoms with E-state index in [1.165, 1.54) is 0 Å². The van der Waals surface area contributed by atoms with Gasteiger partial charge in [-0.15, -0.1) is 0 Å². The van der Waals surface area contributed by atoms with E-state index in [1.807, 2.05) is 7.05 Å². The molecule has 0 aromatic rings. The van der Waals surface area contributed by atoms with E-state index in [2.05, 4.69) is 29.4 Å². The van der Waals surface area contributed by atoms with Gasteiger partial charge in [0.2, 0.25) is 5.91 Å². The van der Waals surface area contributed by atoms with Crippen LogP contribution >= 0.6 is 0 Å². The van der Waals surface area contributed by atoms with Crippen molar-refractivity contribution in [2.24, 2.45) is 5.92 Å². The monoisotopic (exact) mass is 257 g/mol. The molecule has 106 valence electrons. The second kappa shape index (κ2) is 8.45. The number of hydrogen-bond donors (Lipinski definition) is 2. The van der Waals surface area contributed by atoms with E-state index < -0.39 is 0 Å². The quantitative estimate of drug-likeness (QED) is 0.678. The van der Waals surface area contributed by atoms with Gasteiger partial charge in [0.1, 0.15) is 0 Å². The number of carbonyl (C=O) groups is 1. The fourth-order valence-electron chi connectivity index (χ4n) is 2.03. The van der Waals surface area contributed by atoms with Crippen molar-refractivity contribution in [2.75, 3.05) is 46.4 Å². The molecular weight excluding hydrogens is 230 g/mol. The van der Waals surface area contributed by atoms with Gasteiger partial charge in [-0.2, -0.15) is 0 Å². The van der Waals surface area contributed by atoms with Gasteiger partial charge in [-0.3, -0.25) is 9.69 Å². The Balaban J connectivity index is 2.18. The van der Waals surface area contributed by atoms with Gasteiger partial charge in [0.15, 0.2) is 0 Å². The lowest BCUT2D eigenvalue weighted by atomic mass is 10.1. The summed E-state index contributed by atoms with van der Waals surface area (Å²) in [5.74, 6) is 0.759. The second-order valence-electron chi connectivity index (χ2n) is 5.32. The maximum absolute atomic E-state index is 11.7. The predicted molar refractivity (Wildman–Crippen MR) is 72.6 cm³/mol. The lowest BCUT2D eigenvalue weighted by molar-refractivity contribution is -0.124. The standard InChI is InChI=1S/C13H27N3O2/c1-11(2)4-5-15-13(17)10-16-6-7-18-12(9-16)8-14-3/h11-12,14H,4-10H2,1-3H3,(H,15,17). The first-order chi connectivity index (χ1) is 8.61. The average molecular weight is 257 g/mol. The first-order valence-corrected chi connectivity index (χ1v) is 6.87. The molecule has 1 amide bonds. The molecule has 5 nitrogen and oxygen atoms in total. The summed E-state index contributed by atoms with van der Waals surface area (Å²) in [4.78, 5) is 13.9. The van der Waals surface area contributed by atoms with Crippen LogP contribution in [0.1, 0.15) is 20.3 Å². The first kappa shape index (κ1) is 15.4. The fraction of sp³-hybridized carbons (Fsp3) is 0.923. The van der Waals surface area contributed by atoms with Crippen molar-refractivity contribution >= 4 is 5.91 Å². The minimum atomic E-state index is 0.126. The molecule has 1 heterocycles. The Hall–Kier alpha value is -0.650. The number of ether oxygens (including phenoxy) is 1. The molecule has 18 heavy (non-hydrogen) atoms. The van der Waals surface area contributed by atoms with Gasteiger partial charge in [0.25, 0.3) is 0 Å². The molecule has 0 aromatic heterocycles. The molecule has 0 aromatic carbocycles. The molecule has 1 aliphatic rings. The van der Waals surface area contributed by atoms with Crippen molar-refractivity contribution in [3.05, 3.63) is 0 Å². The number of nitrogens with one attached hydrogen (secondary N) is 2. The molecule has 1 unspecified atom stereocenters. The largest absolute Gasteiger partial charge is 0.374 e. The zero-order valence-electron chi connectivity index (χ0n) is 11.9. The Labute approximate surface area is 110 Å². The van der Waals surface area contributed by atoms with Crippen LogP contribution in [0.25, 0.3) is 0 Å². The molecule has 1 fully saturated rings. The van der Waals surface area contributed by atoms with Crippen LogP contribution in [0.15, 0.2) is 0 Å². The van der Waals surface area contributed by atoms with Crippen molar-refractivity contribution in [3.63, 3.8) is 0 Å². The van der Waals surface area contributed by atoms with E-state index >= 15 is 0 Å². The molecule has 0 saturated carbocycles. The van der Waals surface area contributed by atoms with Crippen LogP contribution in [0, 0.1) is 5.92 Å². The fourth-order valence-corrected chi connectivity index (χ4v) is 2.03. The maximum atomic E-state index is 11.7. The van der Waals surface area contributed by atoms with Crippen LogP contribution in [0.5, 0.6) is 0 Å². The van der Waals surface area contributed by atoms with E-state index in [0.717, 1.165) is 32.6 Å². The highest BCUT2D eigenvalue weighted by molar-refractivity contribution is 5.77. The highest BCUT2D eigenvalue weighted by atomic mass is 16.5. The minimum absolute atomic E-state index is 0.126. The summed E-state index contributed by atoms with van der Waals surface area (Å²) < 4.78 is 5.61. The smallest absolute Gasteiger partial charge is 0.234 e. The molecule has 1 rings (SSSR count). The van der Waals surface area contributed by atoms with Gasteiger partial charge >= 0.3 is 0 Å². The van der Waals surface area contributed by atoms with Gasteiger partial charge in [0.05, 0.1) is 19.3 Å².